The molecule has 0 spiro atoms. The second-order valence-corrected chi connectivity index (χ2v) is 6.08. The smallest absolute Gasteiger partial charge is 0.451 e. The summed E-state index contributed by atoms with van der Waals surface area (Å²) in [5.41, 5.74) is 1.45. The number of amides is 2. The highest BCUT2D eigenvalue weighted by Crippen LogP contribution is 2.34. The van der Waals surface area contributed by atoms with Gasteiger partial charge in [0.1, 0.15) is 5.75 Å². The normalized spacial score (nSPS) is 17.3. The molecule has 0 aliphatic carbocycles. The van der Waals surface area contributed by atoms with Gasteiger partial charge in [-0.3, -0.25) is 20.0 Å². The summed E-state index contributed by atoms with van der Waals surface area (Å²) >= 11 is 0. The van der Waals surface area contributed by atoms with Crippen molar-refractivity contribution in [1.82, 2.24) is 15.2 Å². The molecule has 1 aliphatic heterocycles. The van der Waals surface area contributed by atoms with Crippen LogP contribution in [0.2, 0.25) is 0 Å². The Morgan fingerprint density at radius 1 is 1.41 bits per heavy atom. The van der Waals surface area contributed by atoms with Gasteiger partial charge < -0.3 is 9.64 Å². The first kappa shape index (κ1) is 18.7. The number of anilines is 2. The van der Waals surface area contributed by atoms with E-state index >= 15 is 0 Å². The van der Waals surface area contributed by atoms with Crippen molar-refractivity contribution in [3.05, 3.63) is 29.6 Å². The second-order valence-electron chi connectivity index (χ2n) is 6.08. The number of nitrogens with zero attached hydrogens (tertiary/aromatic N) is 3. The minimum absolute atomic E-state index is 0.0705. The van der Waals surface area contributed by atoms with Crippen LogP contribution in [0.3, 0.4) is 0 Å². The third kappa shape index (κ3) is 3.86. The van der Waals surface area contributed by atoms with E-state index in [9.17, 15) is 22.8 Å². The number of alkyl halides is 3. The number of halogens is 3. The van der Waals surface area contributed by atoms with Crippen LogP contribution in [0.5, 0.6) is 5.75 Å². The number of methoxy groups -OCH3 is 1. The van der Waals surface area contributed by atoms with Crippen molar-refractivity contribution in [2.75, 3.05) is 23.9 Å². The lowest BCUT2D eigenvalue weighted by molar-refractivity contribution is -0.144. The number of rotatable bonds is 4. The molecule has 2 N–H and O–H groups in total. The molecule has 2 amide bonds. The highest BCUT2D eigenvalue weighted by molar-refractivity contribution is 6.03. The molecule has 0 bridgehead atoms. The minimum atomic E-state index is -4.70. The van der Waals surface area contributed by atoms with E-state index in [1.54, 1.807) is 17.2 Å². The Morgan fingerprint density at radius 2 is 2.15 bits per heavy atom. The maximum absolute atomic E-state index is 12.5. The lowest BCUT2D eigenvalue weighted by atomic mass is 10.1. The molecular weight excluding hydrogens is 367 g/mol. The molecule has 2 aromatic rings. The predicted molar refractivity (Wildman–Crippen MR) is 88.2 cm³/mol. The molecule has 11 heteroatoms. The zero-order valence-corrected chi connectivity index (χ0v) is 14.4. The van der Waals surface area contributed by atoms with Gasteiger partial charge in [0.25, 0.3) is 0 Å². The van der Waals surface area contributed by atoms with Gasteiger partial charge in [0, 0.05) is 13.0 Å². The highest BCUT2D eigenvalue weighted by atomic mass is 19.4. The average Bonchev–Trinajstić information content (AvgIpc) is 3.21. The number of H-pyrrole nitrogens is 1. The van der Waals surface area contributed by atoms with Crippen LogP contribution in [-0.2, 0) is 15.8 Å². The summed E-state index contributed by atoms with van der Waals surface area (Å²) in [6, 6.07) is 5.31. The Hall–Kier alpha value is -3.11. The molecule has 1 aromatic carbocycles. The molecule has 1 aromatic heterocycles. The summed E-state index contributed by atoms with van der Waals surface area (Å²) < 4.78 is 42.8. The van der Waals surface area contributed by atoms with E-state index in [4.69, 9.17) is 4.74 Å². The molecule has 27 heavy (non-hydrogen) atoms. The lowest BCUT2D eigenvalue weighted by Crippen LogP contribution is -2.28. The molecule has 1 saturated heterocycles. The van der Waals surface area contributed by atoms with Crippen LogP contribution in [0.25, 0.3) is 0 Å². The number of carbonyl (C=O) groups is 2. The van der Waals surface area contributed by atoms with Gasteiger partial charge in [-0.15, -0.1) is 5.10 Å². The SMILES string of the molecule is COc1ccc(C)cc1N1CC(C(=O)Nc2n[nH]c(C(F)(F)F)n2)CC1=O. The molecule has 1 atom stereocenters. The van der Waals surface area contributed by atoms with E-state index in [2.05, 4.69) is 15.4 Å². The van der Waals surface area contributed by atoms with Gasteiger partial charge in [-0.2, -0.15) is 18.2 Å². The number of nitrogens with one attached hydrogen (secondary N) is 2. The zero-order valence-electron chi connectivity index (χ0n) is 14.4. The predicted octanol–water partition coefficient (Wildman–Crippen LogP) is 2.13. The van der Waals surface area contributed by atoms with E-state index in [1.807, 2.05) is 13.0 Å². The van der Waals surface area contributed by atoms with Crippen LogP contribution >= 0.6 is 0 Å². The maximum atomic E-state index is 12.5. The number of benzene rings is 1. The van der Waals surface area contributed by atoms with Gasteiger partial charge in [-0.1, -0.05) is 6.07 Å². The number of hydrogen-bond acceptors (Lipinski definition) is 5. The zero-order chi connectivity index (χ0) is 19.8. The number of aromatic amines is 1. The van der Waals surface area contributed by atoms with E-state index < -0.39 is 29.8 Å². The monoisotopic (exact) mass is 383 g/mol. The summed E-state index contributed by atoms with van der Waals surface area (Å²) in [5, 5.41) is 7.24. The van der Waals surface area contributed by atoms with Crippen LogP contribution in [0, 0.1) is 12.8 Å². The number of aromatic nitrogens is 3. The first-order valence-electron chi connectivity index (χ1n) is 7.94. The van der Waals surface area contributed by atoms with Crippen molar-refractivity contribution in [1.29, 1.82) is 0 Å². The summed E-state index contributed by atoms with van der Waals surface area (Å²) in [4.78, 5) is 29.3. The summed E-state index contributed by atoms with van der Waals surface area (Å²) in [6.45, 7) is 1.93. The second kappa shape index (κ2) is 6.89. The first-order chi connectivity index (χ1) is 12.7. The Balaban J connectivity index is 1.73. The Kier molecular flexibility index (Phi) is 4.77. The summed E-state index contributed by atoms with van der Waals surface area (Å²) in [5.74, 6) is -3.00. The minimum Gasteiger partial charge on any atom is -0.495 e. The van der Waals surface area contributed by atoms with Gasteiger partial charge in [0.15, 0.2) is 0 Å². The van der Waals surface area contributed by atoms with E-state index in [1.165, 1.54) is 12.0 Å². The first-order valence-corrected chi connectivity index (χ1v) is 7.94. The average molecular weight is 383 g/mol. The number of hydrogen-bond donors (Lipinski definition) is 2. The van der Waals surface area contributed by atoms with Gasteiger partial charge in [-0.25, -0.2) is 0 Å². The molecule has 1 aliphatic rings. The van der Waals surface area contributed by atoms with Crippen LogP contribution in [0.15, 0.2) is 18.2 Å². The topological polar surface area (TPSA) is 100 Å². The van der Waals surface area contributed by atoms with Crippen LogP contribution in [0.1, 0.15) is 17.8 Å². The molecule has 144 valence electrons. The van der Waals surface area contributed by atoms with Crippen LogP contribution < -0.4 is 15.0 Å². The van der Waals surface area contributed by atoms with Crippen molar-refractivity contribution in [2.24, 2.45) is 5.92 Å². The molecule has 2 heterocycles. The van der Waals surface area contributed by atoms with E-state index in [-0.39, 0.29) is 18.9 Å². The summed E-state index contributed by atoms with van der Waals surface area (Å²) in [7, 11) is 1.47. The summed E-state index contributed by atoms with van der Waals surface area (Å²) in [6.07, 6.45) is -4.78. The van der Waals surface area contributed by atoms with Gasteiger partial charge >= 0.3 is 6.18 Å². The number of ether oxygens (including phenoxy) is 1. The molecule has 1 fully saturated rings. The largest absolute Gasteiger partial charge is 0.495 e. The third-order valence-corrected chi connectivity index (χ3v) is 4.11. The van der Waals surface area contributed by atoms with Gasteiger partial charge in [-0.05, 0) is 24.6 Å². The molecule has 0 radical (unpaired) electrons. The molecule has 0 saturated carbocycles. The van der Waals surface area contributed by atoms with Gasteiger partial charge in [0.2, 0.25) is 23.6 Å². The molecular formula is C16H16F3N5O3. The van der Waals surface area contributed by atoms with Crippen molar-refractivity contribution < 1.29 is 27.5 Å². The lowest BCUT2D eigenvalue weighted by Gasteiger charge is -2.20. The standard InChI is InChI=1S/C16H16F3N5O3/c1-8-3-4-11(27-2)10(5-8)24-7-9(6-12(24)25)13(26)20-15-21-14(22-23-15)16(17,18)19/h3-5,9H,6-7H2,1-2H3,(H2,20,21,22,23,26). The number of carbonyl (C=O) groups excluding carboxylic acids is 2. The van der Waals surface area contributed by atoms with Crippen molar-refractivity contribution in [3.8, 4) is 5.75 Å². The van der Waals surface area contributed by atoms with Crippen molar-refractivity contribution >= 4 is 23.5 Å². The van der Waals surface area contributed by atoms with Crippen molar-refractivity contribution in [3.63, 3.8) is 0 Å². The Morgan fingerprint density at radius 3 is 2.78 bits per heavy atom. The maximum Gasteiger partial charge on any atom is 0.451 e. The van der Waals surface area contributed by atoms with E-state index in [0.29, 0.717) is 11.4 Å². The highest BCUT2D eigenvalue weighted by Gasteiger charge is 2.38. The molecule has 3 rings (SSSR count). The molecule has 1 unspecified atom stereocenters. The van der Waals surface area contributed by atoms with Crippen molar-refractivity contribution in [2.45, 2.75) is 19.5 Å². The fraction of sp³-hybridized carbons (Fsp3) is 0.375. The van der Waals surface area contributed by atoms with E-state index in [0.717, 1.165) is 5.56 Å². The van der Waals surface area contributed by atoms with Crippen LogP contribution in [-0.4, -0.2) is 40.7 Å². The van der Waals surface area contributed by atoms with Gasteiger partial charge in [0.05, 0.1) is 18.7 Å². The van der Waals surface area contributed by atoms with Crippen LogP contribution in [0.4, 0.5) is 24.8 Å². The fourth-order valence-electron chi connectivity index (χ4n) is 2.78. The quantitative estimate of drug-likeness (QED) is 0.843. The fourth-order valence-corrected chi connectivity index (χ4v) is 2.78. The third-order valence-electron chi connectivity index (χ3n) is 4.11. The Bertz CT molecular complexity index is 880. The molecule has 8 nitrogen and oxygen atoms in total. The number of aryl methyl sites for hydroxylation is 1. The Labute approximate surface area is 151 Å².